The van der Waals surface area contributed by atoms with Crippen LogP contribution in [-0.2, 0) is 12.8 Å². The molecule has 0 aromatic heterocycles. The van der Waals surface area contributed by atoms with E-state index in [2.05, 4.69) is 9.98 Å². The van der Waals surface area contributed by atoms with Gasteiger partial charge in [-0.15, -0.1) is 26.3 Å². The third-order valence-corrected chi connectivity index (χ3v) is 4.71. The highest BCUT2D eigenvalue weighted by Gasteiger charge is 2.47. The van der Waals surface area contributed by atoms with E-state index < -0.39 is 30.3 Å². The Kier molecular flexibility index (Phi) is 5.83. The number of aliphatic imine (C=N–C) groups is 2. The van der Waals surface area contributed by atoms with E-state index in [-0.39, 0.29) is 18.2 Å². The molecule has 0 unspecified atom stereocenters. The number of hydrogen-bond donors (Lipinski definition) is 0. The largest absolute Gasteiger partial charge is 0.505 e. The summed E-state index contributed by atoms with van der Waals surface area (Å²) in [5.41, 5.74) is 1.61. The molecular weight excluding hydrogens is 414 g/mol. The van der Waals surface area contributed by atoms with Crippen molar-refractivity contribution in [1.29, 1.82) is 0 Å². The minimum Gasteiger partial charge on any atom is -0.274 e. The molecule has 1 aromatic rings. The predicted molar refractivity (Wildman–Crippen MR) is 99.5 cm³/mol. The predicted octanol–water partition coefficient (Wildman–Crippen LogP) is 5.30. The van der Waals surface area contributed by atoms with Crippen LogP contribution in [0.2, 0.25) is 0 Å². The van der Waals surface area contributed by atoms with Crippen LogP contribution >= 0.6 is 0 Å². The molecule has 1 heterocycles. The molecular formula is C19H20F6N4O. The Bertz CT molecular complexity index is 888. The van der Waals surface area contributed by atoms with Crippen molar-refractivity contribution in [2.75, 3.05) is 11.4 Å². The zero-order chi connectivity index (χ0) is 22.3. The second-order valence-electron chi connectivity index (χ2n) is 7.55. The number of amides is 2. The number of anilines is 1. The lowest BCUT2D eigenvalue weighted by molar-refractivity contribution is -0.121. The molecule has 0 N–H and O–H groups in total. The molecule has 1 saturated heterocycles. The Morgan fingerprint density at radius 2 is 1.57 bits per heavy atom. The highest BCUT2D eigenvalue weighted by Crippen LogP contribution is 2.35. The van der Waals surface area contributed by atoms with Gasteiger partial charge < -0.3 is 0 Å². The summed E-state index contributed by atoms with van der Waals surface area (Å²) in [6.07, 6.45) is -7.54. The summed E-state index contributed by atoms with van der Waals surface area (Å²) in [6, 6.07) is 3.77. The Labute approximate surface area is 169 Å². The fraction of sp³-hybridized carbons (Fsp3) is 0.526. The van der Waals surface area contributed by atoms with E-state index in [4.69, 9.17) is 0 Å². The van der Waals surface area contributed by atoms with Gasteiger partial charge in [-0.25, -0.2) is 9.69 Å². The molecule has 30 heavy (non-hydrogen) atoms. The molecule has 1 fully saturated rings. The highest BCUT2D eigenvalue weighted by molar-refractivity contribution is 6.56. The van der Waals surface area contributed by atoms with Crippen LogP contribution in [0.5, 0.6) is 0 Å². The number of nitrogens with zero attached hydrogens (tertiary/aromatic N) is 4. The molecule has 1 aromatic carbocycles. The quantitative estimate of drug-likeness (QED) is 0.471. The molecule has 0 spiro atoms. The van der Waals surface area contributed by atoms with Crippen molar-refractivity contribution in [2.24, 2.45) is 15.9 Å². The standard InChI is InChI=1S/C19H20F6N4O/c1-11(2)10-28-15(26-18(20,21)22)16(27-19(23,24)25)29(17(28)30)14-9-5-7-12-6-3-4-8-13(12)14/h5,7,9,11H,3-4,6,8,10H2,1-2H3. The van der Waals surface area contributed by atoms with Crippen LogP contribution < -0.4 is 4.90 Å². The van der Waals surface area contributed by atoms with Crippen LogP contribution in [-0.4, -0.2) is 41.7 Å². The van der Waals surface area contributed by atoms with Gasteiger partial charge in [-0.05, 0) is 48.8 Å². The van der Waals surface area contributed by atoms with Crippen LogP contribution in [0, 0.1) is 5.92 Å². The second-order valence-corrected chi connectivity index (χ2v) is 7.55. The fourth-order valence-corrected chi connectivity index (χ4v) is 3.69. The first-order valence-electron chi connectivity index (χ1n) is 9.43. The van der Waals surface area contributed by atoms with E-state index in [1.165, 1.54) is 6.07 Å². The molecule has 2 aliphatic rings. The molecule has 0 saturated carbocycles. The van der Waals surface area contributed by atoms with Crippen molar-refractivity contribution in [3.05, 3.63) is 29.3 Å². The smallest absolute Gasteiger partial charge is 0.274 e. The Hall–Kier alpha value is -2.59. The number of alkyl halides is 6. The molecule has 2 amide bonds. The number of benzene rings is 1. The van der Waals surface area contributed by atoms with Crippen molar-refractivity contribution in [3.8, 4) is 0 Å². The number of fused-ring (bicyclic) bond motifs is 1. The van der Waals surface area contributed by atoms with Gasteiger partial charge in [-0.3, -0.25) is 4.90 Å². The van der Waals surface area contributed by atoms with Gasteiger partial charge in [0.2, 0.25) is 0 Å². The average molecular weight is 434 g/mol. The van der Waals surface area contributed by atoms with Gasteiger partial charge in [-0.2, -0.15) is 9.98 Å². The molecule has 0 atom stereocenters. The first kappa shape index (κ1) is 22.1. The number of amidine groups is 2. The number of urea groups is 1. The van der Waals surface area contributed by atoms with Gasteiger partial charge in [0.1, 0.15) is 0 Å². The second kappa shape index (κ2) is 7.92. The third-order valence-electron chi connectivity index (χ3n) is 4.71. The maximum absolute atomic E-state index is 13.2. The molecule has 1 aliphatic carbocycles. The van der Waals surface area contributed by atoms with Crippen molar-refractivity contribution in [2.45, 2.75) is 52.1 Å². The van der Waals surface area contributed by atoms with E-state index in [9.17, 15) is 31.1 Å². The van der Waals surface area contributed by atoms with Crippen molar-refractivity contribution in [1.82, 2.24) is 4.90 Å². The molecule has 5 nitrogen and oxygen atoms in total. The van der Waals surface area contributed by atoms with Crippen molar-refractivity contribution in [3.63, 3.8) is 0 Å². The number of aryl methyl sites for hydroxylation is 1. The monoisotopic (exact) mass is 434 g/mol. The Morgan fingerprint density at radius 3 is 2.17 bits per heavy atom. The molecule has 11 heteroatoms. The normalized spacial score (nSPS) is 20.6. The third kappa shape index (κ3) is 4.76. The summed E-state index contributed by atoms with van der Waals surface area (Å²) in [7, 11) is 0. The van der Waals surface area contributed by atoms with Gasteiger partial charge in [0.05, 0.1) is 5.69 Å². The lowest BCUT2D eigenvalue weighted by Crippen LogP contribution is -2.36. The number of rotatable bonds is 3. The summed E-state index contributed by atoms with van der Waals surface area (Å²) < 4.78 is 78.8. The maximum Gasteiger partial charge on any atom is 0.505 e. The fourth-order valence-electron chi connectivity index (χ4n) is 3.69. The van der Waals surface area contributed by atoms with Gasteiger partial charge in [0.15, 0.2) is 11.7 Å². The first-order valence-corrected chi connectivity index (χ1v) is 9.43. The number of hydrogen-bond acceptors (Lipinski definition) is 3. The molecule has 164 valence electrons. The summed E-state index contributed by atoms with van der Waals surface area (Å²) in [4.78, 5) is 19.3. The molecule has 0 bridgehead atoms. The minimum atomic E-state index is -5.19. The Morgan fingerprint density at radius 1 is 0.967 bits per heavy atom. The summed E-state index contributed by atoms with van der Waals surface area (Å²) in [6.45, 7) is 3.02. The van der Waals surface area contributed by atoms with Crippen LogP contribution in [0.1, 0.15) is 37.8 Å². The topological polar surface area (TPSA) is 48.3 Å². The SMILES string of the molecule is CC(C)CN1C(=O)N(c2cccc3c2CCCC3)C(=NC(F)(F)F)C1=NC(F)(F)F. The van der Waals surface area contributed by atoms with Gasteiger partial charge in [-0.1, -0.05) is 26.0 Å². The van der Waals surface area contributed by atoms with Crippen LogP contribution in [0.3, 0.4) is 0 Å². The summed E-state index contributed by atoms with van der Waals surface area (Å²) in [5.74, 6) is -2.62. The van der Waals surface area contributed by atoms with Crippen LogP contribution in [0.4, 0.5) is 36.8 Å². The van der Waals surface area contributed by atoms with Crippen LogP contribution in [0.15, 0.2) is 28.2 Å². The van der Waals surface area contributed by atoms with E-state index in [1.807, 2.05) is 0 Å². The van der Waals surface area contributed by atoms with Crippen molar-refractivity contribution >= 4 is 23.4 Å². The first-order chi connectivity index (χ1) is 13.9. The van der Waals surface area contributed by atoms with Crippen molar-refractivity contribution < 1.29 is 31.1 Å². The van der Waals surface area contributed by atoms with E-state index in [0.29, 0.717) is 28.2 Å². The lowest BCUT2D eigenvalue weighted by Gasteiger charge is -2.25. The average Bonchev–Trinajstić information content (AvgIpc) is 2.83. The number of halogens is 6. The zero-order valence-electron chi connectivity index (χ0n) is 16.3. The minimum absolute atomic E-state index is 0.112. The molecule has 3 rings (SSSR count). The van der Waals surface area contributed by atoms with Gasteiger partial charge in [0.25, 0.3) is 0 Å². The summed E-state index contributed by atoms with van der Waals surface area (Å²) >= 11 is 0. The van der Waals surface area contributed by atoms with E-state index >= 15 is 0 Å². The summed E-state index contributed by atoms with van der Waals surface area (Å²) in [5, 5.41) is 0. The van der Waals surface area contributed by atoms with E-state index in [1.54, 1.807) is 26.0 Å². The Balaban J connectivity index is 2.24. The molecule has 1 aliphatic heterocycles. The van der Waals surface area contributed by atoms with E-state index in [0.717, 1.165) is 18.4 Å². The number of carbonyl (C=O) groups excluding carboxylic acids is 1. The van der Waals surface area contributed by atoms with Crippen LogP contribution in [0.25, 0.3) is 0 Å². The maximum atomic E-state index is 13.2. The number of carbonyl (C=O) groups is 1. The zero-order valence-corrected chi connectivity index (χ0v) is 16.3. The highest BCUT2D eigenvalue weighted by atomic mass is 19.4. The molecule has 0 radical (unpaired) electrons. The van der Waals surface area contributed by atoms with Gasteiger partial charge in [0, 0.05) is 6.54 Å². The van der Waals surface area contributed by atoms with Gasteiger partial charge >= 0.3 is 18.6 Å². The lowest BCUT2D eigenvalue weighted by atomic mass is 9.90.